The normalized spacial score (nSPS) is 9.80. The lowest BCUT2D eigenvalue weighted by Gasteiger charge is -2.00. The van der Waals surface area contributed by atoms with Gasteiger partial charge in [-0.3, -0.25) is 0 Å². The lowest BCUT2D eigenvalue weighted by molar-refractivity contribution is 0.792. The van der Waals surface area contributed by atoms with Gasteiger partial charge < -0.3 is 10.3 Å². The molecule has 0 bridgehead atoms. The van der Waals surface area contributed by atoms with E-state index in [4.69, 9.17) is 0 Å². The van der Waals surface area contributed by atoms with Crippen molar-refractivity contribution in [3.05, 3.63) is 36.0 Å². The second kappa shape index (κ2) is 6.25. The van der Waals surface area contributed by atoms with Gasteiger partial charge in [-0.15, -0.1) is 0 Å². The first-order chi connectivity index (χ1) is 7.40. The SMILES string of the molecule is CC.CNCCc1ccc2cc[nH]c2c1. The first-order valence-electron chi connectivity index (χ1n) is 5.61. The van der Waals surface area contributed by atoms with E-state index in [1.54, 1.807) is 0 Å². The first kappa shape index (κ1) is 11.8. The zero-order valence-corrected chi connectivity index (χ0v) is 9.80. The molecule has 2 aromatic rings. The van der Waals surface area contributed by atoms with Gasteiger partial charge in [0, 0.05) is 11.7 Å². The molecule has 0 spiro atoms. The second-order valence-electron chi connectivity index (χ2n) is 3.25. The Labute approximate surface area is 91.7 Å². The molecular weight excluding hydrogens is 184 g/mol. The van der Waals surface area contributed by atoms with Crippen LogP contribution in [0.4, 0.5) is 0 Å². The van der Waals surface area contributed by atoms with Gasteiger partial charge in [0.1, 0.15) is 0 Å². The largest absolute Gasteiger partial charge is 0.361 e. The number of H-pyrrole nitrogens is 1. The van der Waals surface area contributed by atoms with Crippen molar-refractivity contribution in [1.82, 2.24) is 10.3 Å². The van der Waals surface area contributed by atoms with Crippen LogP contribution in [0.1, 0.15) is 19.4 Å². The highest BCUT2D eigenvalue weighted by Gasteiger charge is 1.96. The topological polar surface area (TPSA) is 27.8 Å². The molecular formula is C13H20N2. The number of aromatic nitrogens is 1. The summed E-state index contributed by atoms with van der Waals surface area (Å²) in [6.07, 6.45) is 3.07. The average Bonchev–Trinajstić information content (AvgIpc) is 2.76. The third kappa shape index (κ3) is 3.10. The minimum Gasteiger partial charge on any atom is -0.361 e. The molecule has 0 aliphatic rings. The van der Waals surface area contributed by atoms with Crippen LogP contribution < -0.4 is 5.32 Å². The molecule has 82 valence electrons. The van der Waals surface area contributed by atoms with E-state index in [2.05, 4.69) is 34.6 Å². The van der Waals surface area contributed by atoms with E-state index in [-0.39, 0.29) is 0 Å². The molecule has 15 heavy (non-hydrogen) atoms. The maximum atomic E-state index is 3.22. The summed E-state index contributed by atoms with van der Waals surface area (Å²) in [5, 5.41) is 4.43. The molecule has 2 heteroatoms. The molecule has 0 saturated heterocycles. The van der Waals surface area contributed by atoms with Crippen LogP contribution >= 0.6 is 0 Å². The Bertz CT molecular complexity index is 390. The van der Waals surface area contributed by atoms with Gasteiger partial charge in [-0.05, 0) is 43.1 Å². The number of rotatable bonds is 3. The number of fused-ring (bicyclic) bond motifs is 1. The van der Waals surface area contributed by atoms with E-state index in [1.807, 2.05) is 27.1 Å². The summed E-state index contributed by atoms with van der Waals surface area (Å²) in [7, 11) is 1.98. The minimum absolute atomic E-state index is 1.03. The number of hydrogen-bond donors (Lipinski definition) is 2. The molecule has 0 aliphatic heterocycles. The molecule has 0 fully saturated rings. The van der Waals surface area contributed by atoms with E-state index in [0.717, 1.165) is 13.0 Å². The highest BCUT2D eigenvalue weighted by Crippen LogP contribution is 2.14. The van der Waals surface area contributed by atoms with Crippen molar-refractivity contribution in [3.63, 3.8) is 0 Å². The van der Waals surface area contributed by atoms with E-state index in [1.165, 1.54) is 16.5 Å². The zero-order chi connectivity index (χ0) is 11.1. The summed E-state index contributed by atoms with van der Waals surface area (Å²) >= 11 is 0. The Kier molecular flexibility index (Phi) is 4.91. The van der Waals surface area contributed by atoms with E-state index in [0.29, 0.717) is 0 Å². The van der Waals surface area contributed by atoms with Crippen LogP contribution in [0.15, 0.2) is 30.5 Å². The number of hydrogen-bond acceptors (Lipinski definition) is 1. The average molecular weight is 204 g/mol. The third-order valence-electron chi connectivity index (χ3n) is 2.28. The Hall–Kier alpha value is -1.28. The van der Waals surface area contributed by atoms with Crippen LogP contribution in [0, 0.1) is 0 Å². The van der Waals surface area contributed by atoms with Gasteiger partial charge in [-0.2, -0.15) is 0 Å². The van der Waals surface area contributed by atoms with Crippen LogP contribution in [0.3, 0.4) is 0 Å². The number of benzene rings is 1. The summed E-state index contributed by atoms with van der Waals surface area (Å²) in [5.74, 6) is 0. The monoisotopic (exact) mass is 204 g/mol. The summed E-state index contributed by atoms with van der Waals surface area (Å²) in [6.45, 7) is 5.03. The van der Waals surface area contributed by atoms with Gasteiger partial charge in [-0.1, -0.05) is 26.0 Å². The van der Waals surface area contributed by atoms with Crippen molar-refractivity contribution in [2.45, 2.75) is 20.3 Å². The molecule has 2 N–H and O–H groups in total. The number of likely N-dealkylation sites (N-methyl/N-ethyl adjacent to an activating group) is 1. The van der Waals surface area contributed by atoms with Gasteiger partial charge in [0.25, 0.3) is 0 Å². The molecule has 2 rings (SSSR count). The molecule has 1 aromatic carbocycles. The highest BCUT2D eigenvalue weighted by atomic mass is 14.8. The van der Waals surface area contributed by atoms with Crippen LogP contribution in [-0.2, 0) is 6.42 Å². The van der Waals surface area contributed by atoms with Crippen LogP contribution in [-0.4, -0.2) is 18.6 Å². The van der Waals surface area contributed by atoms with Crippen molar-refractivity contribution >= 4 is 10.9 Å². The molecule has 0 radical (unpaired) electrons. The predicted molar refractivity (Wildman–Crippen MR) is 67.3 cm³/mol. The highest BCUT2D eigenvalue weighted by molar-refractivity contribution is 5.79. The number of aromatic amines is 1. The van der Waals surface area contributed by atoms with Gasteiger partial charge in [0.05, 0.1) is 0 Å². The Morgan fingerprint density at radius 2 is 2.00 bits per heavy atom. The van der Waals surface area contributed by atoms with E-state index in [9.17, 15) is 0 Å². The molecule has 0 aliphatic carbocycles. The third-order valence-corrected chi connectivity index (χ3v) is 2.28. The smallest absolute Gasteiger partial charge is 0.0456 e. The van der Waals surface area contributed by atoms with Gasteiger partial charge in [-0.25, -0.2) is 0 Å². The maximum absolute atomic E-state index is 3.22. The molecule has 2 nitrogen and oxygen atoms in total. The van der Waals surface area contributed by atoms with E-state index >= 15 is 0 Å². The predicted octanol–water partition coefficient (Wildman–Crippen LogP) is 2.96. The Morgan fingerprint density at radius 3 is 2.73 bits per heavy atom. The number of nitrogens with one attached hydrogen (secondary N) is 2. The Morgan fingerprint density at radius 1 is 1.20 bits per heavy atom. The fraction of sp³-hybridized carbons (Fsp3) is 0.385. The maximum Gasteiger partial charge on any atom is 0.0456 e. The van der Waals surface area contributed by atoms with Crippen molar-refractivity contribution in [2.75, 3.05) is 13.6 Å². The van der Waals surface area contributed by atoms with Crippen LogP contribution in [0.25, 0.3) is 10.9 Å². The molecule has 0 amide bonds. The summed E-state index contributed by atoms with van der Waals surface area (Å²) in [6, 6.07) is 8.66. The molecule has 1 heterocycles. The van der Waals surface area contributed by atoms with Crippen molar-refractivity contribution in [3.8, 4) is 0 Å². The zero-order valence-electron chi connectivity index (χ0n) is 9.80. The van der Waals surface area contributed by atoms with E-state index < -0.39 is 0 Å². The second-order valence-corrected chi connectivity index (χ2v) is 3.25. The fourth-order valence-corrected chi connectivity index (χ4v) is 1.52. The summed E-state index contributed by atoms with van der Waals surface area (Å²) in [5.41, 5.74) is 2.61. The first-order valence-corrected chi connectivity index (χ1v) is 5.61. The Balaban J connectivity index is 0.000000531. The lowest BCUT2D eigenvalue weighted by atomic mass is 10.1. The molecule has 0 atom stereocenters. The molecule has 0 unspecified atom stereocenters. The quantitative estimate of drug-likeness (QED) is 0.790. The molecule has 0 saturated carbocycles. The van der Waals surface area contributed by atoms with Gasteiger partial charge in [0.2, 0.25) is 0 Å². The summed E-state index contributed by atoms with van der Waals surface area (Å²) in [4.78, 5) is 3.22. The fourth-order valence-electron chi connectivity index (χ4n) is 1.52. The van der Waals surface area contributed by atoms with Crippen molar-refractivity contribution < 1.29 is 0 Å². The van der Waals surface area contributed by atoms with Gasteiger partial charge >= 0.3 is 0 Å². The molecule has 1 aromatic heterocycles. The minimum atomic E-state index is 1.03. The van der Waals surface area contributed by atoms with Crippen molar-refractivity contribution in [1.29, 1.82) is 0 Å². The summed E-state index contributed by atoms with van der Waals surface area (Å²) < 4.78 is 0. The van der Waals surface area contributed by atoms with Crippen molar-refractivity contribution in [2.24, 2.45) is 0 Å². The van der Waals surface area contributed by atoms with Crippen LogP contribution in [0.5, 0.6) is 0 Å². The lowest BCUT2D eigenvalue weighted by Crippen LogP contribution is -2.10. The van der Waals surface area contributed by atoms with Gasteiger partial charge in [0.15, 0.2) is 0 Å². The standard InChI is InChI=1S/C11H14N2.C2H6/c1-12-6-4-9-2-3-10-5-7-13-11(10)8-9;1-2/h2-3,5,7-8,12-13H,4,6H2,1H3;1-2H3. The van der Waals surface area contributed by atoms with Crippen LogP contribution in [0.2, 0.25) is 0 Å².